The van der Waals surface area contributed by atoms with Gasteiger partial charge in [-0.25, -0.2) is 4.98 Å². The van der Waals surface area contributed by atoms with Crippen molar-refractivity contribution in [1.29, 1.82) is 0 Å². The van der Waals surface area contributed by atoms with Crippen molar-refractivity contribution in [3.8, 4) is 0 Å². The van der Waals surface area contributed by atoms with Crippen molar-refractivity contribution < 1.29 is 9.21 Å². The molecule has 2 rings (SSSR count). The quantitative estimate of drug-likeness (QED) is 0.907. The summed E-state index contributed by atoms with van der Waals surface area (Å²) in [7, 11) is 0. The third-order valence-electron chi connectivity index (χ3n) is 2.30. The maximum absolute atomic E-state index is 11.7. The number of nitrogens with one attached hydrogen (secondary N) is 1. The Hall–Kier alpha value is -1.62. The van der Waals surface area contributed by atoms with Gasteiger partial charge in [0, 0.05) is 17.5 Å². The molecule has 1 amide bonds. The molecule has 90 valence electrons. The molecule has 0 fully saturated rings. The second kappa shape index (κ2) is 5.14. The van der Waals surface area contributed by atoms with E-state index >= 15 is 0 Å². The summed E-state index contributed by atoms with van der Waals surface area (Å²) < 4.78 is 5.36. The molecule has 0 saturated heterocycles. The summed E-state index contributed by atoms with van der Waals surface area (Å²) in [6.07, 6.45) is 0.791. The third kappa shape index (κ3) is 2.94. The lowest BCUT2D eigenvalue weighted by Gasteiger charge is -1.99. The van der Waals surface area contributed by atoms with E-state index in [0.717, 1.165) is 22.9 Å². The van der Waals surface area contributed by atoms with Crippen LogP contribution in [0.3, 0.4) is 0 Å². The lowest BCUT2D eigenvalue weighted by atomic mass is 10.3. The first-order valence-electron chi connectivity index (χ1n) is 5.47. The number of carbonyl (C=O) groups excluding carboxylic acids is 1. The highest BCUT2D eigenvalue weighted by atomic mass is 32.1. The number of hydrogen-bond donors (Lipinski definition) is 1. The van der Waals surface area contributed by atoms with Crippen LogP contribution in [-0.4, -0.2) is 10.9 Å². The maximum Gasteiger partial charge on any atom is 0.287 e. The maximum atomic E-state index is 11.7. The van der Waals surface area contributed by atoms with E-state index in [1.165, 1.54) is 11.3 Å². The Kier molecular flexibility index (Phi) is 3.58. The molecule has 17 heavy (non-hydrogen) atoms. The predicted molar refractivity (Wildman–Crippen MR) is 66.1 cm³/mol. The van der Waals surface area contributed by atoms with Gasteiger partial charge in [-0.1, -0.05) is 6.92 Å². The summed E-state index contributed by atoms with van der Waals surface area (Å²) in [5.74, 6) is 0.980. The van der Waals surface area contributed by atoms with Crippen molar-refractivity contribution in [2.75, 3.05) is 0 Å². The molecule has 4 nitrogen and oxygen atoms in total. The van der Waals surface area contributed by atoms with Crippen molar-refractivity contribution in [2.45, 2.75) is 26.8 Å². The van der Waals surface area contributed by atoms with Crippen LogP contribution in [0.2, 0.25) is 0 Å². The van der Waals surface area contributed by atoms with Gasteiger partial charge in [-0.05, 0) is 19.1 Å². The Bertz CT molecular complexity index is 516. The van der Waals surface area contributed by atoms with E-state index in [4.69, 9.17) is 4.42 Å². The number of thiazole rings is 1. The van der Waals surface area contributed by atoms with Gasteiger partial charge in [0.2, 0.25) is 0 Å². The molecule has 0 aliphatic carbocycles. The van der Waals surface area contributed by atoms with Crippen molar-refractivity contribution in [3.63, 3.8) is 0 Å². The molecule has 0 aliphatic rings. The van der Waals surface area contributed by atoms with Gasteiger partial charge in [-0.3, -0.25) is 4.79 Å². The minimum Gasteiger partial charge on any atom is -0.456 e. The molecule has 0 unspecified atom stereocenters. The van der Waals surface area contributed by atoms with Gasteiger partial charge in [-0.15, -0.1) is 11.3 Å². The first-order valence-corrected chi connectivity index (χ1v) is 6.35. The van der Waals surface area contributed by atoms with E-state index < -0.39 is 0 Å². The third-order valence-corrected chi connectivity index (χ3v) is 3.27. The molecule has 0 saturated carbocycles. The van der Waals surface area contributed by atoms with Gasteiger partial charge in [0.1, 0.15) is 10.8 Å². The van der Waals surface area contributed by atoms with Gasteiger partial charge in [0.15, 0.2) is 5.76 Å². The Morgan fingerprint density at radius 3 is 2.94 bits per heavy atom. The molecule has 2 aromatic rings. The molecule has 0 aromatic carbocycles. The standard InChI is InChI=1S/C12H14N2O2S/c1-3-9-4-5-10(16-9)12(15)13-6-11-14-8(2)7-17-11/h4-5,7H,3,6H2,1-2H3,(H,13,15). The van der Waals surface area contributed by atoms with Crippen LogP contribution >= 0.6 is 11.3 Å². The highest BCUT2D eigenvalue weighted by Gasteiger charge is 2.10. The summed E-state index contributed by atoms with van der Waals surface area (Å²) >= 11 is 1.54. The van der Waals surface area contributed by atoms with E-state index in [-0.39, 0.29) is 5.91 Å². The average Bonchev–Trinajstić information content (AvgIpc) is 2.94. The van der Waals surface area contributed by atoms with Gasteiger partial charge >= 0.3 is 0 Å². The Morgan fingerprint density at radius 1 is 1.53 bits per heavy atom. The van der Waals surface area contributed by atoms with Crippen molar-refractivity contribution in [3.05, 3.63) is 39.7 Å². The van der Waals surface area contributed by atoms with E-state index in [9.17, 15) is 4.79 Å². The van der Waals surface area contributed by atoms with E-state index in [1.807, 2.05) is 25.3 Å². The number of furan rings is 1. The number of amides is 1. The van der Waals surface area contributed by atoms with Gasteiger partial charge in [-0.2, -0.15) is 0 Å². The number of aryl methyl sites for hydroxylation is 2. The van der Waals surface area contributed by atoms with Crippen LogP contribution < -0.4 is 5.32 Å². The highest BCUT2D eigenvalue weighted by molar-refractivity contribution is 7.09. The monoisotopic (exact) mass is 250 g/mol. The fourth-order valence-corrected chi connectivity index (χ4v) is 2.13. The molecule has 0 bridgehead atoms. The van der Waals surface area contributed by atoms with Crippen molar-refractivity contribution >= 4 is 17.2 Å². The SMILES string of the molecule is CCc1ccc(C(=O)NCc2nc(C)cs2)o1. The summed E-state index contributed by atoms with van der Waals surface area (Å²) in [6, 6.07) is 3.52. The Labute approximate surface area is 104 Å². The van der Waals surface area contributed by atoms with Crippen molar-refractivity contribution in [2.24, 2.45) is 0 Å². The average molecular weight is 250 g/mol. The Balaban J connectivity index is 1.93. The summed E-state index contributed by atoms with van der Waals surface area (Å²) in [5, 5.41) is 5.64. The zero-order chi connectivity index (χ0) is 12.3. The number of aromatic nitrogens is 1. The minimum absolute atomic E-state index is 0.197. The predicted octanol–water partition coefficient (Wildman–Crippen LogP) is 2.54. The lowest BCUT2D eigenvalue weighted by Crippen LogP contribution is -2.22. The van der Waals surface area contributed by atoms with E-state index in [2.05, 4.69) is 10.3 Å². The molecule has 1 N–H and O–H groups in total. The molecule has 2 heterocycles. The smallest absolute Gasteiger partial charge is 0.287 e. The molecular weight excluding hydrogens is 236 g/mol. The number of hydrogen-bond acceptors (Lipinski definition) is 4. The van der Waals surface area contributed by atoms with Gasteiger partial charge in [0.05, 0.1) is 6.54 Å². The second-order valence-electron chi connectivity index (χ2n) is 3.68. The van der Waals surface area contributed by atoms with E-state index in [0.29, 0.717) is 12.3 Å². The number of carbonyl (C=O) groups is 1. The zero-order valence-electron chi connectivity index (χ0n) is 9.82. The molecule has 0 aliphatic heterocycles. The zero-order valence-corrected chi connectivity index (χ0v) is 10.6. The van der Waals surface area contributed by atoms with Crippen LogP contribution in [0, 0.1) is 6.92 Å². The molecule has 5 heteroatoms. The van der Waals surface area contributed by atoms with E-state index in [1.54, 1.807) is 6.07 Å². The first kappa shape index (κ1) is 11.9. The van der Waals surface area contributed by atoms with Crippen LogP contribution in [0.5, 0.6) is 0 Å². The fraction of sp³-hybridized carbons (Fsp3) is 0.333. The highest BCUT2D eigenvalue weighted by Crippen LogP contribution is 2.10. The molecule has 0 atom stereocenters. The van der Waals surface area contributed by atoms with Gasteiger partial charge in [0.25, 0.3) is 5.91 Å². The summed E-state index contributed by atoms with van der Waals surface area (Å²) in [6.45, 7) is 4.36. The number of rotatable bonds is 4. The second-order valence-corrected chi connectivity index (χ2v) is 4.63. The lowest BCUT2D eigenvalue weighted by molar-refractivity contribution is 0.0921. The molecule has 0 radical (unpaired) electrons. The molecular formula is C12H14N2O2S. The summed E-state index contributed by atoms with van der Waals surface area (Å²) in [4.78, 5) is 16.0. The molecule has 0 spiro atoms. The number of nitrogens with zero attached hydrogens (tertiary/aromatic N) is 1. The first-order chi connectivity index (χ1) is 8.19. The van der Waals surface area contributed by atoms with Crippen LogP contribution in [0.4, 0.5) is 0 Å². The van der Waals surface area contributed by atoms with Crippen molar-refractivity contribution in [1.82, 2.24) is 10.3 Å². The largest absolute Gasteiger partial charge is 0.456 e. The Morgan fingerprint density at radius 2 is 2.35 bits per heavy atom. The van der Waals surface area contributed by atoms with Crippen LogP contribution in [-0.2, 0) is 13.0 Å². The normalized spacial score (nSPS) is 10.5. The van der Waals surface area contributed by atoms with Gasteiger partial charge < -0.3 is 9.73 Å². The van der Waals surface area contributed by atoms with Crippen LogP contribution in [0.15, 0.2) is 21.9 Å². The summed E-state index contributed by atoms with van der Waals surface area (Å²) in [5.41, 5.74) is 0.977. The molecule has 2 aromatic heterocycles. The van der Waals surface area contributed by atoms with Crippen LogP contribution in [0.25, 0.3) is 0 Å². The van der Waals surface area contributed by atoms with Crippen LogP contribution in [0.1, 0.15) is 33.9 Å². The topological polar surface area (TPSA) is 55.1 Å². The fourth-order valence-electron chi connectivity index (χ4n) is 1.42. The minimum atomic E-state index is -0.197.